The van der Waals surface area contributed by atoms with Crippen LogP contribution in [0.15, 0.2) is 27.0 Å². The number of aromatic amines is 1. The molecule has 10 nitrogen and oxygen atoms in total. The highest BCUT2D eigenvalue weighted by atomic mass is 16.5. The first-order valence-electron chi connectivity index (χ1n) is 5.38. The summed E-state index contributed by atoms with van der Waals surface area (Å²) in [6, 6.07) is 0.0746. The third-order valence-electron chi connectivity index (χ3n) is 2.83. The maximum atomic E-state index is 11.6. The number of H-pyrrole nitrogens is 1. The fourth-order valence-corrected chi connectivity index (χ4v) is 1.94. The lowest BCUT2D eigenvalue weighted by atomic mass is 10.1. The topological polar surface area (TPSA) is 153 Å². The van der Waals surface area contributed by atoms with E-state index in [0.29, 0.717) is 0 Å². The molecule has 0 bridgehead atoms. The highest BCUT2D eigenvalue weighted by molar-refractivity contribution is 4.96. The van der Waals surface area contributed by atoms with Gasteiger partial charge in [0.05, 0.1) is 18.8 Å². The van der Waals surface area contributed by atoms with Crippen LogP contribution in [0.2, 0.25) is 0 Å². The van der Waals surface area contributed by atoms with E-state index in [1.54, 1.807) is 0 Å². The smallest absolute Gasteiger partial charge is 0.330 e. The Morgan fingerprint density at radius 3 is 2.89 bits per heavy atom. The molecule has 1 aromatic rings. The van der Waals surface area contributed by atoms with Gasteiger partial charge < -0.3 is 14.9 Å². The molecule has 1 aliphatic rings. The van der Waals surface area contributed by atoms with Crippen LogP contribution in [-0.4, -0.2) is 44.6 Å². The highest BCUT2D eigenvalue weighted by Gasteiger charge is 2.44. The second-order valence-electron chi connectivity index (χ2n) is 3.95. The van der Waals surface area contributed by atoms with E-state index in [1.165, 1.54) is 0 Å². The maximum absolute atomic E-state index is 11.6. The lowest BCUT2D eigenvalue weighted by molar-refractivity contribution is -0.0532. The summed E-state index contributed by atoms with van der Waals surface area (Å²) in [5.41, 5.74) is 7.05. The predicted octanol–water partition coefficient (Wildman–Crippen LogP) is -1.53. The van der Waals surface area contributed by atoms with Crippen LogP contribution >= 0.6 is 0 Å². The van der Waals surface area contributed by atoms with Gasteiger partial charge in [0.15, 0.2) is 6.23 Å². The number of hydrogen-bond donors (Lipinski definition) is 3. The van der Waals surface area contributed by atoms with Crippen molar-refractivity contribution in [3.8, 4) is 0 Å². The zero-order chi connectivity index (χ0) is 14.0. The van der Waals surface area contributed by atoms with Gasteiger partial charge in [0.2, 0.25) is 0 Å². The zero-order valence-corrected chi connectivity index (χ0v) is 9.58. The normalized spacial score (nSPS) is 30.0. The fourth-order valence-electron chi connectivity index (χ4n) is 1.94. The van der Waals surface area contributed by atoms with Crippen LogP contribution in [0.3, 0.4) is 0 Å². The molecular weight excluding hydrogens is 258 g/mol. The summed E-state index contributed by atoms with van der Waals surface area (Å²) in [6.07, 6.45) is -2.22. The van der Waals surface area contributed by atoms with E-state index in [-0.39, 0.29) is 0 Å². The first-order valence-corrected chi connectivity index (χ1v) is 5.38. The highest BCUT2D eigenvalue weighted by Crippen LogP contribution is 2.30. The monoisotopic (exact) mass is 269 g/mol. The molecule has 0 aliphatic carbocycles. The molecule has 0 aromatic carbocycles. The van der Waals surface area contributed by atoms with Crippen molar-refractivity contribution in [2.75, 3.05) is 6.61 Å². The molecule has 4 atom stereocenters. The molecule has 0 spiro atoms. The maximum Gasteiger partial charge on any atom is 0.330 e. The van der Waals surface area contributed by atoms with E-state index < -0.39 is 42.3 Å². The third-order valence-corrected chi connectivity index (χ3v) is 2.83. The molecule has 2 rings (SSSR count). The van der Waals surface area contributed by atoms with E-state index in [4.69, 9.17) is 15.4 Å². The number of nitrogens with one attached hydrogen (secondary N) is 1. The molecule has 19 heavy (non-hydrogen) atoms. The Hall–Kier alpha value is -2.13. The molecule has 2 heterocycles. The van der Waals surface area contributed by atoms with Gasteiger partial charge in [-0.15, -0.1) is 0 Å². The van der Waals surface area contributed by atoms with E-state index in [9.17, 15) is 14.7 Å². The molecule has 1 saturated heterocycles. The number of ether oxygens (including phenoxy) is 1. The summed E-state index contributed by atoms with van der Waals surface area (Å²) >= 11 is 0. The molecule has 102 valence electrons. The van der Waals surface area contributed by atoms with Crippen LogP contribution in [0, 0.1) is 0 Å². The Kier molecular flexibility index (Phi) is 3.67. The van der Waals surface area contributed by atoms with Gasteiger partial charge in [-0.25, -0.2) is 4.79 Å². The average Bonchev–Trinajstić information content (AvgIpc) is 2.68. The minimum absolute atomic E-state index is 0.477. The van der Waals surface area contributed by atoms with Crippen molar-refractivity contribution >= 4 is 0 Å². The molecule has 1 aliphatic heterocycles. The Morgan fingerprint density at radius 1 is 1.58 bits per heavy atom. The SMILES string of the molecule is [N-]=[N+]=NC1[C@@H](CO)O[C@@H](n2ccc(=O)[nH]c2=O)[C@H]1O. The average molecular weight is 269 g/mol. The Balaban J connectivity index is 2.38. The lowest BCUT2D eigenvalue weighted by Gasteiger charge is -2.16. The van der Waals surface area contributed by atoms with Crippen molar-refractivity contribution in [1.82, 2.24) is 9.55 Å². The molecule has 1 unspecified atom stereocenters. The van der Waals surface area contributed by atoms with Crippen LogP contribution in [0.1, 0.15) is 6.23 Å². The number of azide groups is 1. The fraction of sp³-hybridized carbons (Fsp3) is 0.556. The summed E-state index contributed by atoms with van der Waals surface area (Å²) in [5.74, 6) is 0. The second-order valence-corrected chi connectivity index (χ2v) is 3.95. The van der Waals surface area contributed by atoms with Crippen molar-refractivity contribution < 1.29 is 14.9 Å². The molecule has 10 heteroatoms. The summed E-state index contributed by atoms with van der Waals surface area (Å²) in [6.45, 7) is -0.477. The van der Waals surface area contributed by atoms with Crippen molar-refractivity contribution in [2.24, 2.45) is 5.11 Å². The van der Waals surface area contributed by atoms with Crippen molar-refractivity contribution in [2.45, 2.75) is 24.5 Å². The molecular formula is C9H11N5O5. The molecule has 3 N–H and O–H groups in total. The Labute approximate surface area is 105 Å². The van der Waals surface area contributed by atoms with Gasteiger partial charge in [-0.2, -0.15) is 0 Å². The minimum atomic E-state index is -1.31. The van der Waals surface area contributed by atoms with Gasteiger partial charge in [-0.3, -0.25) is 14.3 Å². The summed E-state index contributed by atoms with van der Waals surface area (Å²) in [7, 11) is 0. The largest absolute Gasteiger partial charge is 0.394 e. The van der Waals surface area contributed by atoms with E-state index >= 15 is 0 Å². The predicted molar refractivity (Wildman–Crippen MR) is 61.3 cm³/mol. The van der Waals surface area contributed by atoms with Crippen molar-refractivity contribution in [3.05, 3.63) is 43.5 Å². The van der Waals surface area contributed by atoms with Gasteiger partial charge in [-0.1, -0.05) is 5.11 Å². The lowest BCUT2D eigenvalue weighted by Crippen LogP contribution is -2.37. The van der Waals surface area contributed by atoms with Gasteiger partial charge >= 0.3 is 5.69 Å². The molecule has 0 amide bonds. The summed E-state index contributed by atoms with van der Waals surface area (Å²) < 4.78 is 6.23. The van der Waals surface area contributed by atoms with E-state index in [1.807, 2.05) is 4.98 Å². The van der Waals surface area contributed by atoms with E-state index in [0.717, 1.165) is 16.8 Å². The van der Waals surface area contributed by atoms with Crippen LogP contribution < -0.4 is 11.2 Å². The summed E-state index contributed by atoms with van der Waals surface area (Å²) in [5, 5.41) is 22.4. The third kappa shape index (κ3) is 2.37. The number of aliphatic hydroxyl groups excluding tert-OH is 2. The van der Waals surface area contributed by atoms with Crippen molar-refractivity contribution in [1.29, 1.82) is 0 Å². The van der Waals surface area contributed by atoms with Crippen LogP contribution in [0.4, 0.5) is 0 Å². The number of aromatic nitrogens is 2. The Morgan fingerprint density at radius 2 is 2.32 bits per heavy atom. The van der Waals surface area contributed by atoms with Crippen LogP contribution in [0.25, 0.3) is 10.4 Å². The number of aliphatic hydroxyl groups is 2. The van der Waals surface area contributed by atoms with Gasteiger partial charge in [0.25, 0.3) is 5.56 Å². The van der Waals surface area contributed by atoms with Crippen LogP contribution in [0.5, 0.6) is 0 Å². The van der Waals surface area contributed by atoms with Gasteiger partial charge in [0, 0.05) is 17.2 Å². The quantitative estimate of drug-likeness (QED) is 0.345. The van der Waals surface area contributed by atoms with Gasteiger partial charge in [0.1, 0.15) is 6.10 Å². The number of nitrogens with zero attached hydrogens (tertiary/aromatic N) is 4. The first-order chi connectivity index (χ1) is 9.08. The Bertz CT molecular complexity index is 618. The van der Waals surface area contributed by atoms with Gasteiger partial charge in [-0.05, 0) is 5.53 Å². The minimum Gasteiger partial charge on any atom is -0.394 e. The molecule has 0 radical (unpaired) electrons. The van der Waals surface area contributed by atoms with Crippen molar-refractivity contribution in [3.63, 3.8) is 0 Å². The molecule has 0 saturated carbocycles. The first kappa shape index (κ1) is 13.3. The van der Waals surface area contributed by atoms with Crippen LogP contribution in [-0.2, 0) is 4.74 Å². The summed E-state index contributed by atoms with van der Waals surface area (Å²) in [4.78, 5) is 27.1. The number of rotatable bonds is 3. The zero-order valence-electron chi connectivity index (χ0n) is 9.58. The second kappa shape index (κ2) is 5.24. The molecule has 1 fully saturated rings. The van der Waals surface area contributed by atoms with E-state index in [2.05, 4.69) is 10.0 Å². The number of hydrogen-bond acceptors (Lipinski definition) is 6. The molecule has 1 aromatic heterocycles. The standard InChI is InChI=1S/C9H11N5O5/c10-13-12-6-4(3-15)19-8(7(6)17)14-2-1-5(16)11-9(14)18/h1-2,4,6-8,15,17H,3H2,(H,11,16,18)/t4-,6?,7+,8-/m1/s1.